The summed E-state index contributed by atoms with van der Waals surface area (Å²) in [5.74, 6) is 2.16. The first-order valence-electron chi connectivity index (χ1n) is 5.73. The fourth-order valence-electron chi connectivity index (χ4n) is 1.80. The number of rotatable bonds is 7. The maximum atomic E-state index is 9.64. The highest BCUT2D eigenvalue weighted by Crippen LogP contribution is 2.28. The van der Waals surface area contributed by atoms with E-state index in [0.29, 0.717) is 6.54 Å². The first kappa shape index (κ1) is 13.6. The van der Waals surface area contributed by atoms with Crippen LogP contribution < -0.4 is 5.73 Å². The van der Waals surface area contributed by atoms with Gasteiger partial charge in [-0.1, -0.05) is 37.3 Å². The quantitative estimate of drug-likeness (QED) is 0.716. The van der Waals surface area contributed by atoms with E-state index < -0.39 is 0 Å². The summed E-state index contributed by atoms with van der Waals surface area (Å²) in [6.07, 6.45) is 0.933. The van der Waals surface area contributed by atoms with E-state index in [1.54, 1.807) is 0 Å². The molecule has 0 fully saturated rings. The Morgan fingerprint density at radius 2 is 2.00 bits per heavy atom. The van der Waals surface area contributed by atoms with Gasteiger partial charge in [0.2, 0.25) is 0 Å². The molecule has 90 valence electrons. The van der Waals surface area contributed by atoms with Crippen LogP contribution in [0.3, 0.4) is 0 Å². The minimum atomic E-state index is -0.260. The zero-order chi connectivity index (χ0) is 11.9. The number of hydrogen-bond acceptors (Lipinski definition) is 3. The molecule has 0 amide bonds. The highest BCUT2D eigenvalue weighted by molar-refractivity contribution is 7.99. The van der Waals surface area contributed by atoms with Gasteiger partial charge in [0.25, 0.3) is 0 Å². The second kappa shape index (κ2) is 6.94. The van der Waals surface area contributed by atoms with E-state index >= 15 is 0 Å². The van der Waals surface area contributed by atoms with Crippen LogP contribution in [-0.2, 0) is 5.41 Å². The van der Waals surface area contributed by atoms with Crippen molar-refractivity contribution in [2.75, 3.05) is 24.7 Å². The Labute approximate surface area is 102 Å². The molecule has 0 aliphatic rings. The molecular formula is C13H21NOS. The Bertz CT molecular complexity index is 285. The number of nitrogens with two attached hydrogens (primary N) is 1. The molecular weight excluding hydrogens is 218 g/mol. The highest BCUT2D eigenvalue weighted by atomic mass is 32.2. The third-order valence-corrected chi connectivity index (χ3v) is 3.91. The predicted octanol–water partition coefficient (Wildman–Crippen LogP) is 2.02. The molecule has 16 heavy (non-hydrogen) atoms. The molecule has 0 aliphatic heterocycles. The normalized spacial score (nSPS) is 14.7. The van der Waals surface area contributed by atoms with Gasteiger partial charge >= 0.3 is 0 Å². The molecule has 1 atom stereocenters. The zero-order valence-electron chi connectivity index (χ0n) is 9.86. The van der Waals surface area contributed by atoms with E-state index in [1.165, 1.54) is 0 Å². The van der Waals surface area contributed by atoms with E-state index in [9.17, 15) is 5.11 Å². The second-order valence-corrected chi connectivity index (χ2v) is 5.35. The number of aliphatic hydroxyl groups excluding tert-OH is 1. The van der Waals surface area contributed by atoms with Crippen LogP contribution >= 0.6 is 11.8 Å². The maximum absolute atomic E-state index is 9.64. The van der Waals surface area contributed by atoms with Crippen molar-refractivity contribution in [2.45, 2.75) is 18.8 Å². The molecule has 3 heteroatoms. The molecule has 0 saturated carbocycles. The molecule has 1 unspecified atom stereocenters. The summed E-state index contributed by atoms with van der Waals surface area (Å²) < 4.78 is 0. The van der Waals surface area contributed by atoms with Crippen molar-refractivity contribution in [2.24, 2.45) is 5.73 Å². The molecule has 1 rings (SSSR count). The van der Waals surface area contributed by atoms with Crippen LogP contribution in [-0.4, -0.2) is 29.8 Å². The topological polar surface area (TPSA) is 46.2 Å². The van der Waals surface area contributed by atoms with Gasteiger partial charge in [-0.15, -0.1) is 0 Å². The first-order chi connectivity index (χ1) is 7.79. The van der Waals surface area contributed by atoms with E-state index in [1.807, 2.05) is 30.0 Å². The average Bonchev–Trinajstić information content (AvgIpc) is 2.36. The highest BCUT2D eigenvalue weighted by Gasteiger charge is 2.29. The van der Waals surface area contributed by atoms with Gasteiger partial charge in [0.15, 0.2) is 0 Å². The molecule has 1 aromatic rings. The van der Waals surface area contributed by atoms with Crippen LogP contribution in [0, 0.1) is 0 Å². The van der Waals surface area contributed by atoms with Gasteiger partial charge in [0.05, 0.1) is 6.61 Å². The zero-order valence-corrected chi connectivity index (χ0v) is 10.7. The van der Waals surface area contributed by atoms with Crippen LogP contribution in [0.15, 0.2) is 30.3 Å². The Morgan fingerprint density at radius 1 is 1.31 bits per heavy atom. The van der Waals surface area contributed by atoms with Gasteiger partial charge < -0.3 is 10.8 Å². The second-order valence-electron chi connectivity index (χ2n) is 3.96. The Balaban J connectivity index is 2.79. The smallest absolute Gasteiger partial charge is 0.0540 e. The summed E-state index contributed by atoms with van der Waals surface area (Å²) in [7, 11) is 0. The first-order valence-corrected chi connectivity index (χ1v) is 6.88. The Hall–Kier alpha value is -0.510. The summed E-state index contributed by atoms with van der Waals surface area (Å²) in [4.78, 5) is 0. The van der Waals surface area contributed by atoms with Gasteiger partial charge in [-0.3, -0.25) is 0 Å². The Morgan fingerprint density at radius 3 is 2.50 bits per heavy atom. The van der Waals surface area contributed by atoms with Gasteiger partial charge in [0.1, 0.15) is 0 Å². The van der Waals surface area contributed by atoms with Crippen molar-refractivity contribution < 1.29 is 5.11 Å². The number of thioether (sulfide) groups is 1. The monoisotopic (exact) mass is 239 g/mol. The van der Waals surface area contributed by atoms with Gasteiger partial charge in [0, 0.05) is 12.0 Å². The van der Waals surface area contributed by atoms with Crippen LogP contribution in [0.5, 0.6) is 0 Å². The molecule has 0 saturated heterocycles. The van der Waals surface area contributed by atoms with Crippen LogP contribution in [0.2, 0.25) is 0 Å². The van der Waals surface area contributed by atoms with E-state index in [2.05, 4.69) is 19.1 Å². The van der Waals surface area contributed by atoms with Crippen molar-refractivity contribution in [3.63, 3.8) is 0 Å². The minimum absolute atomic E-state index is 0.123. The van der Waals surface area contributed by atoms with Crippen molar-refractivity contribution in [1.82, 2.24) is 0 Å². The average molecular weight is 239 g/mol. The van der Waals surface area contributed by atoms with Crippen LogP contribution in [0.1, 0.15) is 18.9 Å². The van der Waals surface area contributed by atoms with E-state index in [4.69, 9.17) is 5.73 Å². The Kier molecular flexibility index (Phi) is 5.88. The third-order valence-electron chi connectivity index (χ3n) is 3.01. The van der Waals surface area contributed by atoms with Gasteiger partial charge in [-0.2, -0.15) is 11.8 Å². The molecule has 0 aromatic heterocycles. The molecule has 0 aliphatic carbocycles. The lowest BCUT2D eigenvalue weighted by Gasteiger charge is -2.31. The fourth-order valence-corrected chi connectivity index (χ4v) is 2.63. The van der Waals surface area contributed by atoms with Crippen molar-refractivity contribution in [3.05, 3.63) is 35.9 Å². The molecule has 2 nitrogen and oxygen atoms in total. The lowest BCUT2D eigenvalue weighted by molar-refractivity contribution is 0.193. The minimum Gasteiger partial charge on any atom is -0.395 e. The summed E-state index contributed by atoms with van der Waals surface area (Å²) in [6.45, 7) is 2.77. The largest absolute Gasteiger partial charge is 0.395 e. The van der Waals surface area contributed by atoms with Gasteiger partial charge in [-0.05, 0) is 23.5 Å². The van der Waals surface area contributed by atoms with Crippen LogP contribution in [0.25, 0.3) is 0 Å². The van der Waals surface area contributed by atoms with Gasteiger partial charge in [-0.25, -0.2) is 0 Å². The summed E-state index contributed by atoms with van der Waals surface area (Å²) in [6, 6.07) is 10.1. The number of hydrogen-bond donors (Lipinski definition) is 2. The fraction of sp³-hybridized carbons (Fsp3) is 0.538. The number of benzene rings is 1. The van der Waals surface area contributed by atoms with Crippen molar-refractivity contribution in [3.8, 4) is 0 Å². The van der Waals surface area contributed by atoms with E-state index in [-0.39, 0.29) is 12.0 Å². The van der Waals surface area contributed by atoms with E-state index in [0.717, 1.165) is 23.5 Å². The van der Waals surface area contributed by atoms with Crippen LogP contribution in [0.4, 0.5) is 0 Å². The number of aliphatic hydroxyl groups is 1. The lowest BCUT2D eigenvalue weighted by atomic mass is 9.79. The molecule has 3 N–H and O–H groups in total. The molecule has 0 heterocycles. The molecule has 1 aromatic carbocycles. The van der Waals surface area contributed by atoms with Crippen molar-refractivity contribution in [1.29, 1.82) is 0 Å². The SMILES string of the molecule is CCSCCC(CN)(CO)c1ccccc1. The molecule has 0 spiro atoms. The standard InChI is InChI=1S/C13H21NOS/c1-2-16-9-8-13(10-14,11-15)12-6-4-3-5-7-12/h3-7,15H,2,8-11,14H2,1H3. The summed E-state index contributed by atoms with van der Waals surface area (Å²) in [5, 5.41) is 9.64. The maximum Gasteiger partial charge on any atom is 0.0540 e. The van der Waals surface area contributed by atoms with Crippen molar-refractivity contribution >= 4 is 11.8 Å². The molecule has 0 radical (unpaired) electrons. The lowest BCUT2D eigenvalue weighted by Crippen LogP contribution is -2.39. The summed E-state index contributed by atoms with van der Waals surface area (Å²) in [5.41, 5.74) is 6.75. The third kappa shape index (κ3) is 3.24. The predicted molar refractivity (Wildman–Crippen MR) is 71.9 cm³/mol. The summed E-state index contributed by atoms with van der Waals surface area (Å²) >= 11 is 1.89. The molecule has 0 bridgehead atoms.